The van der Waals surface area contributed by atoms with Gasteiger partial charge < -0.3 is 9.64 Å². The van der Waals surface area contributed by atoms with E-state index in [1.807, 2.05) is 62.1 Å². The Morgan fingerprint density at radius 2 is 1.71 bits per heavy atom. The van der Waals surface area contributed by atoms with Crippen LogP contribution in [0.2, 0.25) is 0 Å². The molecule has 2 unspecified atom stereocenters. The first-order chi connectivity index (χ1) is 16.3. The maximum absolute atomic E-state index is 13.3. The minimum atomic E-state index is -0.483. The van der Waals surface area contributed by atoms with Crippen molar-refractivity contribution in [3.8, 4) is 5.69 Å². The molecule has 0 radical (unpaired) electrons. The number of likely N-dealkylation sites (tertiary alicyclic amines) is 1. The number of piperidine rings is 1. The van der Waals surface area contributed by atoms with Crippen LogP contribution < -0.4 is 5.56 Å². The van der Waals surface area contributed by atoms with Crippen LogP contribution in [-0.4, -0.2) is 45.0 Å². The van der Waals surface area contributed by atoms with Crippen molar-refractivity contribution in [2.75, 3.05) is 6.61 Å². The maximum Gasteiger partial charge on any atom is 0.306 e. The van der Waals surface area contributed by atoms with Crippen molar-refractivity contribution in [3.05, 3.63) is 70.3 Å². The third-order valence-corrected chi connectivity index (χ3v) is 6.53. The van der Waals surface area contributed by atoms with Crippen LogP contribution in [0.1, 0.15) is 50.9 Å². The van der Waals surface area contributed by atoms with Gasteiger partial charge in [0.25, 0.3) is 11.5 Å². The predicted octanol–water partition coefficient (Wildman–Crippen LogP) is 3.96. The Labute approximate surface area is 199 Å². The van der Waals surface area contributed by atoms with Crippen LogP contribution in [0.25, 0.3) is 16.6 Å². The lowest BCUT2D eigenvalue weighted by Crippen LogP contribution is -2.49. The number of aryl methyl sites for hydroxylation is 2. The summed E-state index contributed by atoms with van der Waals surface area (Å²) in [5, 5.41) is 0.518. The summed E-state index contributed by atoms with van der Waals surface area (Å²) >= 11 is 0. The smallest absolute Gasteiger partial charge is 0.306 e. The number of esters is 1. The molecule has 0 bridgehead atoms. The van der Waals surface area contributed by atoms with Crippen LogP contribution in [0, 0.1) is 6.92 Å². The van der Waals surface area contributed by atoms with Gasteiger partial charge >= 0.3 is 5.97 Å². The average molecular weight is 462 g/mol. The number of carbonyl (C=O) groups is 2. The number of hydrogen-bond donors (Lipinski definition) is 0. The lowest BCUT2D eigenvalue weighted by Gasteiger charge is -2.38. The Morgan fingerprint density at radius 1 is 1.03 bits per heavy atom. The average Bonchev–Trinajstić information content (AvgIpc) is 2.82. The van der Waals surface area contributed by atoms with E-state index in [1.54, 1.807) is 16.7 Å². The summed E-state index contributed by atoms with van der Waals surface area (Å²) in [6, 6.07) is 15.1. The van der Waals surface area contributed by atoms with E-state index in [0.29, 0.717) is 22.4 Å². The normalized spacial score (nSPS) is 18.1. The zero-order chi connectivity index (χ0) is 24.2. The van der Waals surface area contributed by atoms with Crippen molar-refractivity contribution in [1.29, 1.82) is 0 Å². The van der Waals surface area contributed by atoms with Crippen molar-refractivity contribution < 1.29 is 14.3 Å². The number of carbonyl (C=O) groups excluding carboxylic acids is 2. The summed E-state index contributed by atoms with van der Waals surface area (Å²) in [4.78, 5) is 44.9. The molecule has 3 aromatic rings. The molecular weight excluding hydrogens is 430 g/mol. The van der Waals surface area contributed by atoms with Gasteiger partial charge in [-0.05, 0) is 64.3 Å². The molecule has 1 aliphatic rings. The van der Waals surface area contributed by atoms with Gasteiger partial charge in [-0.25, -0.2) is 4.98 Å². The quantitative estimate of drug-likeness (QED) is 0.519. The molecule has 2 heterocycles. The first kappa shape index (κ1) is 23.7. The Bertz CT molecular complexity index is 1240. The first-order valence-electron chi connectivity index (χ1n) is 11.9. The van der Waals surface area contributed by atoms with E-state index in [-0.39, 0.29) is 43.0 Å². The molecule has 1 aromatic heterocycles. The molecule has 0 aliphatic carbocycles. The van der Waals surface area contributed by atoms with Gasteiger partial charge in [0.15, 0.2) is 6.61 Å². The monoisotopic (exact) mass is 461 g/mol. The third kappa shape index (κ3) is 5.03. The predicted molar refractivity (Wildman–Crippen MR) is 131 cm³/mol. The van der Waals surface area contributed by atoms with Crippen molar-refractivity contribution in [2.45, 2.75) is 65.0 Å². The SMILES string of the molecule is Cc1ccc(-n2c(CCC(=O)OCC(=O)N3C(C)CCCC3C)nc3ccccc3c2=O)cc1. The van der Waals surface area contributed by atoms with Gasteiger partial charge in [0.05, 0.1) is 23.0 Å². The van der Waals surface area contributed by atoms with Crippen molar-refractivity contribution >= 4 is 22.8 Å². The zero-order valence-corrected chi connectivity index (χ0v) is 20.0. The molecule has 2 aromatic carbocycles. The molecule has 2 atom stereocenters. The summed E-state index contributed by atoms with van der Waals surface area (Å²) in [6.07, 6.45) is 3.28. The molecule has 34 heavy (non-hydrogen) atoms. The summed E-state index contributed by atoms with van der Waals surface area (Å²) < 4.78 is 6.86. The number of fused-ring (bicyclic) bond motifs is 1. The van der Waals surface area contributed by atoms with E-state index < -0.39 is 5.97 Å². The Balaban J connectivity index is 1.50. The number of benzene rings is 2. The number of nitrogens with zero attached hydrogens (tertiary/aromatic N) is 3. The van der Waals surface area contributed by atoms with Crippen LogP contribution in [0.15, 0.2) is 53.3 Å². The third-order valence-electron chi connectivity index (χ3n) is 6.53. The number of amides is 1. The van der Waals surface area contributed by atoms with Crippen molar-refractivity contribution in [2.24, 2.45) is 0 Å². The number of para-hydroxylation sites is 1. The minimum Gasteiger partial charge on any atom is -0.456 e. The molecule has 178 valence electrons. The number of aromatic nitrogens is 2. The summed E-state index contributed by atoms with van der Waals surface area (Å²) in [7, 11) is 0. The van der Waals surface area contributed by atoms with Crippen LogP contribution in [0.4, 0.5) is 0 Å². The highest BCUT2D eigenvalue weighted by atomic mass is 16.5. The topological polar surface area (TPSA) is 81.5 Å². The second-order valence-corrected chi connectivity index (χ2v) is 9.11. The number of ether oxygens (including phenoxy) is 1. The number of rotatable bonds is 6. The molecule has 1 aliphatic heterocycles. The van der Waals surface area contributed by atoms with Crippen LogP contribution in [0.3, 0.4) is 0 Å². The van der Waals surface area contributed by atoms with E-state index in [9.17, 15) is 14.4 Å². The Hall–Kier alpha value is -3.48. The van der Waals surface area contributed by atoms with Crippen LogP contribution in [0.5, 0.6) is 0 Å². The van der Waals surface area contributed by atoms with E-state index in [0.717, 1.165) is 24.8 Å². The van der Waals surface area contributed by atoms with Gasteiger partial charge in [0, 0.05) is 18.5 Å². The van der Waals surface area contributed by atoms with Gasteiger partial charge in [-0.1, -0.05) is 29.8 Å². The molecule has 1 saturated heterocycles. The lowest BCUT2D eigenvalue weighted by molar-refractivity contribution is -0.154. The van der Waals surface area contributed by atoms with E-state index in [2.05, 4.69) is 4.98 Å². The summed E-state index contributed by atoms with van der Waals surface area (Å²) in [6.45, 7) is 5.79. The van der Waals surface area contributed by atoms with Crippen LogP contribution in [-0.2, 0) is 20.7 Å². The van der Waals surface area contributed by atoms with Crippen LogP contribution >= 0.6 is 0 Å². The highest BCUT2D eigenvalue weighted by molar-refractivity contribution is 5.81. The minimum absolute atomic E-state index is 0.0228. The van der Waals surface area contributed by atoms with Gasteiger partial charge in [-0.2, -0.15) is 0 Å². The van der Waals surface area contributed by atoms with Crippen molar-refractivity contribution in [1.82, 2.24) is 14.5 Å². The highest BCUT2D eigenvalue weighted by Gasteiger charge is 2.29. The fraction of sp³-hybridized carbons (Fsp3) is 0.407. The van der Waals surface area contributed by atoms with Gasteiger partial charge in [-0.3, -0.25) is 19.0 Å². The molecule has 4 rings (SSSR count). The molecule has 7 nitrogen and oxygen atoms in total. The second kappa shape index (κ2) is 10.2. The summed E-state index contributed by atoms with van der Waals surface area (Å²) in [5.41, 5.74) is 2.18. The molecule has 7 heteroatoms. The second-order valence-electron chi connectivity index (χ2n) is 9.11. The lowest BCUT2D eigenvalue weighted by atomic mass is 9.97. The zero-order valence-electron chi connectivity index (χ0n) is 20.0. The largest absolute Gasteiger partial charge is 0.456 e. The fourth-order valence-electron chi connectivity index (χ4n) is 4.72. The molecule has 1 fully saturated rings. The van der Waals surface area contributed by atoms with E-state index >= 15 is 0 Å². The molecule has 0 N–H and O–H groups in total. The number of hydrogen-bond acceptors (Lipinski definition) is 5. The Morgan fingerprint density at radius 3 is 2.41 bits per heavy atom. The highest BCUT2D eigenvalue weighted by Crippen LogP contribution is 2.22. The first-order valence-corrected chi connectivity index (χ1v) is 11.9. The molecule has 0 saturated carbocycles. The molecule has 0 spiro atoms. The fourth-order valence-corrected chi connectivity index (χ4v) is 4.72. The van der Waals surface area contributed by atoms with E-state index in [1.165, 1.54) is 0 Å². The maximum atomic E-state index is 13.3. The van der Waals surface area contributed by atoms with Gasteiger partial charge in [0.1, 0.15) is 5.82 Å². The standard InChI is InChI=1S/C27H31N3O4/c1-18-11-13-21(14-12-18)30-24(28-23-10-5-4-9-22(23)27(30)33)15-16-26(32)34-17-25(31)29-19(2)7-6-8-20(29)3/h4-5,9-14,19-20H,6-8,15-17H2,1-3H3. The summed E-state index contributed by atoms with van der Waals surface area (Å²) in [5.74, 6) is -0.161. The van der Waals surface area contributed by atoms with Gasteiger partial charge in [-0.15, -0.1) is 0 Å². The van der Waals surface area contributed by atoms with Gasteiger partial charge in [0.2, 0.25) is 0 Å². The molecular formula is C27H31N3O4. The Kier molecular flexibility index (Phi) is 7.10. The van der Waals surface area contributed by atoms with Crippen molar-refractivity contribution in [3.63, 3.8) is 0 Å². The molecule has 1 amide bonds. The van der Waals surface area contributed by atoms with E-state index in [4.69, 9.17) is 4.74 Å².